The second-order valence-corrected chi connectivity index (χ2v) is 9.20. The SMILES string of the molecule is CCC[C@@H]1CN(CCS(C)(=O)=O)C[C@H]1NC(=O)C1CCOCC1. The van der Waals surface area contributed by atoms with Gasteiger partial charge in [-0.1, -0.05) is 13.3 Å². The fourth-order valence-corrected chi connectivity index (χ4v) is 4.12. The summed E-state index contributed by atoms with van der Waals surface area (Å²) in [5, 5.41) is 3.23. The average molecular weight is 346 g/mol. The molecule has 7 heteroatoms. The number of carbonyl (C=O) groups is 1. The Balaban J connectivity index is 1.88. The Hall–Kier alpha value is -0.660. The van der Waals surface area contributed by atoms with E-state index >= 15 is 0 Å². The van der Waals surface area contributed by atoms with Crippen LogP contribution in [0.15, 0.2) is 0 Å². The maximum absolute atomic E-state index is 12.4. The van der Waals surface area contributed by atoms with Crippen molar-refractivity contribution >= 4 is 15.7 Å². The predicted octanol–water partition coefficient (Wildman–Crippen LogP) is 0.674. The monoisotopic (exact) mass is 346 g/mol. The van der Waals surface area contributed by atoms with Crippen LogP contribution in [0, 0.1) is 11.8 Å². The molecule has 134 valence electrons. The van der Waals surface area contributed by atoms with Crippen molar-refractivity contribution in [2.24, 2.45) is 11.8 Å². The van der Waals surface area contributed by atoms with Gasteiger partial charge in [0.2, 0.25) is 5.91 Å². The van der Waals surface area contributed by atoms with E-state index in [0.29, 0.717) is 25.7 Å². The summed E-state index contributed by atoms with van der Waals surface area (Å²) in [6.07, 6.45) is 5.02. The number of sulfone groups is 1. The van der Waals surface area contributed by atoms with Gasteiger partial charge in [0.1, 0.15) is 9.84 Å². The highest BCUT2D eigenvalue weighted by atomic mass is 32.2. The normalized spacial score (nSPS) is 27.2. The van der Waals surface area contributed by atoms with Gasteiger partial charge in [-0.05, 0) is 25.2 Å². The van der Waals surface area contributed by atoms with Gasteiger partial charge in [0.25, 0.3) is 0 Å². The maximum atomic E-state index is 12.4. The molecule has 2 heterocycles. The lowest BCUT2D eigenvalue weighted by molar-refractivity contribution is -0.128. The molecule has 0 aliphatic carbocycles. The lowest BCUT2D eigenvalue weighted by atomic mass is 9.95. The van der Waals surface area contributed by atoms with Crippen LogP contribution in [-0.4, -0.2) is 70.1 Å². The van der Waals surface area contributed by atoms with E-state index in [-0.39, 0.29) is 23.6 Å². The summed E-state index contributed by atoms with van der Waals surface area (Å²) in [4.78, 5) is 14.6. The lowest BCUT2D eigenvalue weighted by Crippen LogP contribution is -2.44. The minimum Gasteiger partial charge on any atom is -0.381 e. The molecule has 0 aromatic carbocycles. The molecule has 2 saturated heterocycles. The number of ether oxygens (including phenoxy) is 1. The minimum absolute atomic E-state index is 0.0658. The molecule has 0 spiro atoms. The van der Waals surface area contributed by atoms with E-state index in [0.717, 1.165) is 38.8 Å². The van der Waals surface area contributed by atoms with Crippen LogP contribution < -0.4 is 5.32 Å². The first-order valence-corrected chi connectivity index (χ1v) is 10.7. The third-order valence-corrected chi connectivity index (χ3v) is 5.80. The number of amides is 1. The van der Waals surface area contributed by atoms with E-state index in [1.807, 2.05) is 0 Å². The molecule has 6 nitrogen and oxygen atoms in total. The van der Waals surface area contributed by atoms with Crippen LogP contribution >= 0.6 is 0 Å². The molecule has 2 aliphatic rings. The number of hydrogen-bond donors (Lipinski definition) is 1. The predicted molar refractivity (Wildman–Crippen MR) is 90.0 cm³/mol. The van der Waals surface area contributed by atoms with Crippen molar-refractivity contribution in [2.45, 2.75) is 38.6 Å². The lowest BCUT2D eigenvalue weighted by Gasteiger charge is -2.25. The number of nitrogens with one attached hydrogen (secondary N) is 1. The topological polar surface area (TPSA) is 75.7 Å². The van der Waals surface area contributed by atoms with Crippen molar-refractivity contribution in [3.63, 3.8) is 0 Å². The van der Waals surface area contributed by atoms with Crippen LogP contribution in [0.1, 0.15) is 32.6 Å². The first-order valence-electron chi connectivity index (χ1n) is 8.67. The Kier molecular flexibility index (Phi) is 6.85. The van der Waals surface area contributed by atoms with Crippen molar-refractivity contribution in [3.8, 4) is 0 Å². The summed E-state index contributed by atoms with van der Waals surface area (Å²) < 4.78 is 28.0. The van der Waals surface area contributed by atoms with Gasteiger partial charge in [-0.15, -0.1) is 0 Å². The highest BCUT2D eigenvalue weighted by Crippen LogP contribution is 2.23. The highest BCUT2D eigenvalue weighted by molar-refractivity contribution is 7.90. The Labute approximate surface area is 139 Å². The van der Waals surface area contributed by atoms with Gasteiger partial charge in [-0.25, -0.2) is 8.42 Å². The fourth-order valence-electron chi connectivity index (χ4n) is 3.53. The van der Waals surface area contributed by atoms with E-state index in [1.165, 1.54) is 6.26 Å². The number of nitrogens with zero attached hydrogens (tertiary/aromatic N) is 1. The van der Waals surface area contributed by atoms with Gasteiger partial charge >= 0.3 is 0 Å². The van der Waals surface area contributed by atoms with Gasteiger partial charge in [0, 0.05) is 51.1 Å². The number of hydrogen-bond acceptors (Lipinski definition) is 5. The van der Waals surface area contributed by atoms with Gasteiger partial charge in [0.15, 0.2) is 0 Å². The van der Waals surface area contributed by atoms with E-state index < -0.39 is 9.84 Å². The Bertz CT molecular complexity index is 488. The maximum Gasteiger partial charge on any atom is 0.223 e. The van der Waals surface area contributed by atoms with Crippen LogP contribution in [0.3, 0.4) is 0 Å². The summed E-state index contributed by atoms with van der Waals surface area (Å²) in [6.45, 7) is 5.68. The van der Waals surface area contributed by atoms with E-state index in [4.69, 9.17) is 4.74 Å². The smallest absolute Gasteiger partial charge is 0.223 e. The van der Waals surface area contributed by atoms with Crippen LogP contribution in [0.25, 0.3) is 0 Å². The van der Waals surface area contributed by atoms with Crippen molar-refractivity contribution in [1.29, 1.82) is 0 Å². The molecule has 2 rings (SSSR count). The van der Waals surface area contributed by atoms with Crippen LogP contribution in [-0.2, 0) is 19.4 Å². The second kappa shape index (κ2) is 8.44. The zero-order valence-corrected chi connectivity index (χ0v) is 15.1. The molecule has 0 radical (unpaired) electrons. The Morgan fingerprint density at radius 1 is 1.26 bits per heavy atom. The van der Waals surface area contributed by atoms with Gasteiger partial charge in [0.05, 0.1) is 5.75 Å². The van der Waals surface area contributed by atoms with E-state index in [2.05, 4.69) is 17.1 Å². The van der Waals surface area contributed by atoms with Crippen LogP contribution in [0.2, 0.25) is 0 Å². The molecular weight excluding hydrogens is 316 g/mol. The molecule has 1 N–H and O–H groups in total. The number of carbonyl (C=O) groups excluding carboxylic acids is 1. The van der Waals surface area contributed by atoms with Gasteiger partial charge < -0.3 is 10.1 Å². The van der Waals surface area contributed by atoms with Crippen molar-refractivity contribution in [3.05, 3.63) is 0 Å². The molecule has 0 aromatic rings. The molecule has 2 fully saturated rings. The Morgan fingerprint density at radius 3 is 2.57 bits per heavy atom. The van der Waals surface area contributed by atoms with Crippen molar-refractivity contribution in [1.82, 2.24) is 10.2 Å². The molecule has 2 aliphatic heterocycles. The van der Waals surface area contributed by atoms with Crippen LogP contribution in [0.4, 0.5) is 0 Å². The minimum atomic E-state index is -2.94. The van der Waals surface area contributed by atoms with Gasteiger partial charge in [-0.3, -0.25) is 9.69 Å². The van der Waals surface area contributed by atoms with Crippen molar-refractivity contribution < 1.29 is 17.9 Å². The quantitative estimate of drug-likeness (QED) is 0.733. The van der Waals surface area contributed by atoms with Crippen LogP contribution in [0.5, 0.6) is 0 Å². The molecule has 23 heavy (non-hydrogen) atoms. The Morgan fingerprint density at radius 2 is 1.96 bits per heavy atom. The summed E-state index contributed by atoms with van der Waals surface area (Å²) in [6, 6.07) is 0.143. The molecule has 0 aromatic heterocycles. The molecule has 0 unspecified atom stereocenters. The molecule has 0 saturated carbocycles. The average Bonchev–Trinajstić information content (AvgIpc) is 2.88. The van der Waals surface area contributed by atoms with Gasteiger partial charge in [-0.2, -0.15) is 0 Å². The summed E-state index contributed by atoms with van der Waals surface area (Å²) >= 11 is 0. The molecule has 0 bridgehead atoms. The largest absolute Gasteiger partial charge is 0.381 e. The highest BCUT2D eigenvalue weighted by Gasteiger charge is 2.34. The van der Waals surface area contributed by atoms with Crippen molar-refractivity contribution in [2.75, 3.05) is 44.9 Å². The standard InChI is InChI=1S/C16H30N2O4S/c1-3-4-14-11-18(7-10-23(2,20)21)12-15(14)17-16(19)13-5-8-22-9-6-13/h13-15H,3-12H2,1-2H3,(H,17,19)/t14-,15-/m1/s1. The van der Waals surface area contributed by atoms with E-state index in [1.54, 1.807) is 0 Å². The third-order valence-electron chi connectivity index (χ3n) is 4.87. The third kappa shape index (κ3) is 6.04. The number of rotatable bonds is 7. The second-order valence-electron chi connectivity index (χ2n) is 6.94. The first-order chi connectivity index (χ1) is 10.9. The summed E-state index contributed by atoms with van der Waals surface area (Å²) in [7, 11) is -2.94. The molecule has 1 amide bonds. The van der Waals surface area contributed by atoms with E-state index in [9.17, 15) is 13.2 Å². The summed E-state index contributed by atoms with van der Waals surface area (Å²) in [5.41, 5.74) is 0. The number of likely N-dealkylation sites (tertiary alicyclic amines) is 1. The summed E-state index contributed by atoms with van der Waals surface area (Å²) in [5.74, 6) is 0.816. The zero-order valence-electron chi connectivity index (χ0n) is 14.3. The fraction of sp³-hybridized carbons (Fsp3) is 0.938. The zero-order chi connectivity index (χ0) is 16.9. The first kappa shape index (κ1) is 18.7. The molecule has 2 atom stereocenters. The molecular formula is C16H30N2O4S.